The molecule has 20 heavy (non-hydrogen) atoms. The van der Waals surface area contributed by atoms with Crippen LogP contribution < -0.4 is 10.2 Å². The van der Waals surface area contributed by atoms with Gasteiger partial charge in [-0.05, 0) is 52.9 Å². The summed E-state index contributed by atoms with van der Waals surface area (Å²) in [5.41, 5.74) is 2.99. The molecule has 0 fully saturated rings. The molecular weight excluding hydrogens is 369 g/mol. The Morgan fingerprint density at radius 2 is 1.85 bits per heavy atom. The standard InChI is InChI=1S/C14H14IN3O2/c1-17(2)12-5-3-4-10(8-12)16-11-6-7-14(18(19)20)13(15)9-11/h3-9,16H,1-2H3. The number of benzene rings is 2. The number of anilines is 3. The van der Waals surface area contributed by atoms with E-state index in [1.165, 1.54) is 6.07 Å². The van der Waals surface area contributed by atoms with E-state index >= 15 is 0 Å². The van der Waals surface area contributed by atoms with Crippen molar-refractivity contribution in [3.05, 3.63) is 56.1 Å². The fraction of sp³-hybridized carbons (Fsp3) is 0.143. The van der Waals surface area contributed by atoms with E-state index in [4.69, 9.17) is 0 Å². The van der Waals surface area contributed by atoms with Crippen molar-refractivity contribution in [2.75, 3.05) is 24.3 Å². The van der Waals surface area contributed by atoms with Gasteiger partial charge in [-0.2, -0.15) is 0 Å². The van der Waals surface area contributed by atoms with Crippen molar-refractivity contribution in [2.45, 2.75) is 0 Å². The predicted molar refractivity (Wildman–Crippen MR) is 89.9 cm³/mol. The Balaban J connectivity index is 2.24. The van der Waals surface area contributed by atoms with E-state index < -0.39 is 0 Å². The molecule has 2 aromatic carbocycles. The van der Waals surface area contributed by atoms with Gasteiger partial charge in [0, 0.05) is 37.2 Å². The highest BCUT2D eigenvalue weighted by molar-refractivity contribution is 14.1. The Kier molecular flexibility index (Phi) is 4.43. The molecule has 0 aliphatic heterocycles. The number of hydrogen-bond acceptors (Lipinski definition) is 4. The average molecular weight is 383 g/mol. The third-order valence-electron chi connectivity index (χ3n) is 2.80. The van der Waals surface area contributed by atoms with E-state index in [-0.39, 0.29) is 10.6 Å². The topological polar surface area (TPSA) is 58.4 Å². The van der Waals surface area contributed by atoms with Gasteiger partial charge in [0.1, 0.15) is 0 Å². The smallest absolute Gasteiger partial charge is 0.282 e. The maximum atomic E-state index is 10.8. The Morgan fingerprint density at radius 3 is 2.45 bits per heavy atom. The van der Waals surface area contributed by atoms with Crippen LogP contribution in [0, 0.1) is 13.7 Å². The monoisotopic (exact) mass is 383 g/mol. The summed E-state index contributed by atoms with van der Waals surface area (Å²) in [5.74, 6) is 0. The van der Waals surface area contributed by atoms with E-state index in [0.29, 0.717) is 3.57 Å². The summed E-state index contributed by atoms with van der Waals surface area (Å²) in [6, 6.07) is 13.0. The summed E-state index contributed by atoms with van der Waals surface area (Å²) in [4.78, 5) is 12.4. The molecule has 0 saturated heterocycles. The average Bonchev–Trinajstić information content (AvgIpc) is 2.38. The molecular formula is C14H14IN3O2. The minimum absolute atomic E-state index is 0.123. The zero-order chi connectivity index (χ0) is 14.7. The number of halogens is 1. The molecule has 0 spiro atoms. The minimum Gasteiger partial charge on any atom is -0.378 e. The molecule has 2 aromatic rings. The molecule has 0 aromatic heterocycles. The number of nitrogens with one attached hydrogen (secondary N) is 1. The second kappa shape index (κ2) is 6.08. The van der Waals surface area contributed by atoms with Crippen LogP contribution in [-0.2, 0) is 0 Å². The van der Waals surface area contributed by atoms with E-state index in [2.05, 4.69) is 5.32 Å². The first-order valence-corrected chi connectivity index (χ1v) is 7.03. The van der Waals surface area contributed by atoms with Gasteiger partial charge in [0.2, 0.25) is 0 Å². The van der Waals surface area contributed by atoms with Gasteiger partial charge in [0.25, 0.3) is 5.69 Å². The number of hydrogen-bond donors (Lipinski definition) is 1. The second-order valence-corrected chi connectivity index (χ2v) is 5.66. The minimum atomic E-state index is -0.377. The van der Waals surface area contributed by atoms with Gasteiger partial charge >= 0.3 is 0 Å². The molecule has 0 saturated carbocycles. The molecule has 0 atom stereocenters. The van der Waals surface area contributed by atoms with Crippen LogP contribution in [0.5, 0.6) is 0 Å². The van der Waals surface area contributed by atoms with Crippen molar-refractivity contribution >= 4 is 45.3 Å². The maximum Gasteiger partial charge on any atom is 0.282 e. The Bertz CT molecular complexity index is 644. The summed E-state index contributed by atoms with van der Waals surface area (Å²) < 4.78 is 0.612. The molecule has 0 aliphatic carbocycles. The molecule has 0 unspecified atom stereocenters. The van der Waals surface area contributed by atoms with Crippen LogP contribution in [0.15, 0.2) is 42.5 Å². The van der Waals surface area contributed by atoms with Gasteiger partial charge in [-0.15, -0.1) is 0 Å². The van der Waals surface area contributed by atoms with Gasteiger partial charge in [0.05, 0.1) is 8.49 Å². The summed E-state index contributed by atoms with van der Waals surface area (Å²) in [6.07, 6.45) is 0. The van der Waals surface area contributed by atoms with Crippen LogP contribution in [-0.4, -0.2) is 19.0 Å². The lowest BCUT2D eigenvalue weighted by atomic mass is 10.2. The van der Waals surface area contributed by atoms with Gasteiger partial charge < -0.3 is 10.2 Å². The van der Waals surface area contributed by atoms with E-state index in [1.807, 2.05) is 65.9 Å². The Labute approximate surface area is 130 Å². The fourth-order valence-corrected chi connectivity index (χ4v) is 2.47. The summed E-state index contributed by atoms with van der Waals surface area (Å²) >= 11 is 1.97. The molecule has 0 aliphatic rings. The maximum absolute atomic E-state index is 10.8. The van der Waals surface area contributed by atoms with Gasteiger partial charge in [-0.3, -0.25) is 10.1 Å². The van der Waals surface area contributed by atoms with Crippen molar-refractivity contribution in [3.8, 4) is 0 Å². The lowest BCUT2D eigenvalue weighted by Crippen LogP contribution is -2.08. The van der Waals surface area contributed by atoms with Crippen LogP contribution in [0.2, 0.25) is 0 Å². The van der Waals surface area contributed by atoms with Crippen molar-refractivity contribution in [2.24, 2.45) is 0 Å². The van der Waals surface area contributed by atoms with E-state index in [0.717, 1.165) is 17.1 Å². The lowest BCUT2D eigenvalue weighted by molar-refractivity contribution is -0.385. The normalized spacial score (nSPS) is 10.2. The first kappa shape index (κ1) is 14.6. The van der Waals surface area contributed by atoms with Crippen molar-refractivity contribution in [3.63, 3.8) is 0 Å². The molecule has 5 nitrogen and oxygen atoms in total. The van der Waals surface area contributed by atoms with Crippen LogP contribution >= 0.6 is 22.6 Å². The summed E-state index contributed by atoms with van der Waals surface area (Å²) in [6.45, 7) is 0. The van der Waals surface area contributed by atoms with E-state index in [1.54, 1.807) is 12.1 Å². The summed E-state index contributed by atoms with van der Waals surface area (Å²) in [7, 11) is 3.96. The molecule has 1 N–H and O–H groups in total. The molecule has 0 amide bonds. The zero-order valence-electron chi connectivity index (χ0n) is 11.1. The largest absolute Gasteiger partial charge is 0.378 e. The van der Waals surface area contributed by atoms with Crippen LogP contribution in [0.3, 0.4) is 0 Å². The molecule has 104 valence electrons. The highest BCUT2D eigenvalue weighted by Gasteiger charge is 2.11. The Hall–Kier alpha value is -1.83. The third kappa shape index (κ3) is 3.38. The second-order valence-electron chi connectivity index (χ2n) is 4.49. The van der Waals surface area contributed by atoms with Gasteiger partial charge in [-0.1, -0.05) is 6.07 Å². The lowest BCUT2D eigenvalue weighted by Gasteiger charge is -2.14. The third-order valence-corrected chi connectivity index (χ3v) is 3.66. The first-order chi connectivity index (χ1) is 9.47. The van der Waals surface area contributed by atoms with Crippen molar-refractivity contribution < 1.29 is 4.92 Å². The molecule has 6 heteroatoms. The number of rotatable bonds is 4. The predicted octanol–water partition coefficient (Wildman–Crippen LogP) is 4.01. The van der Waals surface area contributed by atoms with Crippen LogP contribution in [0.25, 0.3) is 0 Å². The van der Waals surface area contributed by atoms with Crippen LogP contribution in [0.1, 0.15) is 0 Å². The summed E-state index contributed by atoms with van der Waals surface area (Å²) in [5, 5.41) is 14.0. The molecule has 0 radical (unpaired) electrons. The molecule has 2 rings (SSSR count). The zero-order valence-corrected chi connectivity index (χ0v) is 13.3. The quantitative estimate of drug-likeness (QED) is 0.493. The van der Waals surface area contributed by atoms with Crippen molar-refractivity contribution in [1.29, 1.82) is 0 Å². The Morgan fingerprint density at radius 1 is 1.15 bits per heavy atom. The van der Waals surface area contributed by atoms with E-state index in [9.17, 15) is 10.1 Å². The van der Waals surface area contributed by atoms with Gasteiger partial charge in [0.15, 0.2) is 0 Å². The molecule has 0 bridgehead atoms. The molecule has 0 heterocycles. The highest BCUT2D eigenvalue weighted by Crippen LogP contribution is 2.27. The van der Waals surface area contributed by atoms with Gasteiger partial charge in [-0.25, -0.2) is 0 Å². The SMILES string of the molecule is CN(C)c1cccc(Nc2ccc([N+](=O)[O-])c(I)c2)c1. The number of nitro benzene ring substituents is 1. The van der Waals surface area contributed by atoms with Crippen LogP contribution in [0.4, 0.5) is 22.7 Å². The number of nitro groups is 1. The first-order valence-electron chi connectivity index (χ1n) is 5.96. The number of nitrogens with zero attached hydrogens (tertiary/aromatic N) is 2. The highest BCUT2D eigenvalue weighted by atomic mass is 127. The fourth-order valence-electron chi connectivity index (χ4n) is 1.76. The van der Waals surface area contributed by atoms with Crippen molar-refractivity contribution in [1.82, 2.24) is 0 Å².